The van der Waals surface area contributed by atoms with Crippen molar-refractivity contribution in [2.75, 3.05) is 6.54 Å². The number of carboxylic acid groups (broad SMARTS) is 1. The van der Waals surface area contributed by atoms with Gasteiger partial charge in [0.1, 0.15) is 0 Å². The summed E-state index contributed by atoms with van der Waals surface area (Å²) in [6, 6.07) is 0. The normalized spacial score (nSPS) is 12.8. The van der Waals surface area contributed by atoms with E-state index in [2.05, 4.69) is 18.0 Å². The van der Waals surface area contributed by atoms with Gasteiger partial charge in [-0.2, -0.15) is 0 Å². The quantitative estimate of drug-likeness (QED) is 0.572. The van der Waals surface area contributed by atoms with Crippen LogP contribution >= 0.6 is 0 Å². The number of carbonyl (C=O) groups is 1. The first-order valence-electron chi connectivity index (χ1n) is 8.14. The highest BCUT2D eigenvalue weighted by Crippen LogP contribution is 2.10. The van der Waals surface area contributed by atoms with Crippen molar-refractivity contribution in [3.05, 3.63) is 12.2 Å². The standard InChI is InChI=1S/C12H24O2.C5H7N/c1-2-3-4-5-6-7-8-9-10-11-12(13)14;1-2-4-6-5-3-1/h2-11H2,1H3,(H,13,14);1-2,4H,3,5H2. The van der Waals surface area contributed by atoms with Crippen molar-refractivity contribution in [1.82, 2.24) is 0 Å². The Morgan fingerprint density at radius 2 is 1.65 bits per heavy atom. The number of aliphatic imine (C=N–C) groups is 1. The average molecular weight is 281 g/mol. The van der Waals surface area contributed by atoms with Crippen molar-refractivity contribution in [3.63, 3.8) is 0 Å². The lowest BCUT2D eigenvalue weighted by atomic mass is 10.1. The molecule has 1 aliphatic heterocycles. The van der Waals surface area contributed by atoms with Crippen LogP contribution in [0.4, 0.5) is 0 Å². The Labute approximate surface area is 124 Å². The van der Waals surface area contributed by atoms with Gasteiger partial charge in [0.2, 0.25) is 0 Å². The minimum Gasteiger partial charge on any atom is -0.481 e. The fourth-order valence-corrected chi connectivity index (χ4v) is 2.03. The van der Waals surface area contributed by atoms with Gasteiger partial charge in [-0.05, 0) is 18.9 Å². The highest BCUT2D eigenvalue weighted by Gasteiger charge is 1.96. The zero-order valence-electron chi connectivity index (χ0n) is 13.0. The predicted octanol–water partition coefficient (Wildman–Crippen LogP) is 5.01. The first-order valence-corrected chi connectivity index (χ1v) is 8.14. The third-order valence-electron chi connectivity index (χ3n) is 3.25. The zero-order valence-corrected chi connectivity index (χ0v) is 13.0. The molecule has 0 unspecified atom stereocenters. The topological polar surface area (TPSA) is 49.7 Å². The lowest BCUT2D eigenvalue weighted by molar-refractivity contribution is -0.137. The average Bonchev–Trinajstić information content (AvgIpc) is 2.48. The molecule has 0 fully saturated rings. The number of unbranched alkanes of at least 4 members (excludes halogenated alkanes) is 8. The minimum absolute atomic E-state index is 0.343. The third kappa shape index (κ3) is 16.9. The van der Waals surface area contributed by atoms with Crippen molar-refractivity contribution in [1.29, 1.82) is 0 Å². The van der Waals surface area contributed by atoms with Gasteiger partial charge in [0.15, 0.2) is 0 Å². The number of hydrogen-bond acceptors (Lipinski definition) is 2. The lowest BCUT2D eigenvalue weighted by Crippen LogP contribution is -1.93. The molecule has 0 aliphatic carbocycles. The number of hydrogen-bond donors (Lipinski definition) is 1. The van der Waals surface area contributed by atoms with Crippen molar-refractivity contribution < 1.29 is 9.90 Å². The molecular weight excluding hydrogens is 250 g/mol. The van der Waals surface area contributed by atoms with Gasteiger partial charge in [0, 0.05) is 19.2 Å². The number of dihydropyridines is 1. The van der Waals surface area contributed by atoms with E-state index in [4.69, 9.17) is 5.11 Å². The molecule has 1 rings (SSSR count). The first-order chi connectivity index (χ1) is 9.77. The van der Waals surface area contributed by atoms with Crippen molar-refractivity contribution in [2.45, 2.75) is 77.6 Å². The summed E-state index contributed by atoms with van der Waals surface area (Å²) < 4.78 is 0. The summed E-state index contributed by atoms with van der Waals surface area (Å²) in [5, 5.41) is 8.41. The van der Waals surface area contributed by atoms with Gasteiger partial charge in [0.25, 0.3) is 0 Å². The number of allylic oxidation sites excluding steroid dienone is 1. The SMILES string of the molecule is C1=CCCN=C1.CCCCCCCCCCCC(=O)O. The van der Waals surface area contributed by atoms with Crippen LogP contribution in [0.3, 0.4) is 0 Å². The van der Waals surface area contributed by atoms with Crippen molar-refractivity contribution in [3.8, 4) is 0 Å². The zero-order chi connectivity index (χ0) is 14.9. The number of aliphatic carboxylic acids is 1. The second-order valence-electron chi connectivity index (χ2n) is 5.24. The molecule has 20 heavy (non-hydrogen) atoms. The lowest BCUT2D eigenvalue weighted by Gasteiger charge is -2.00. The Morgan fingerprint density at radius 3 is 2.00 bits per heavy atom. The smallest absolute Gasteiger partial charge is 0.303 e. The summed E-state index contributed by atoms with van der Waals surface area (Å²) in [4.78, 5) is 14.2. The summed E-state index contributed by atoms with van der Waals surface area (Å²) in [6.45, 7) is 3.21. The van der Waals surface area contributed by atoms with Crippen LogP contribution in [0.2, 0.25) is 0 Å². The Bertz CT molecular complexity index is 260. The molecule has 3 heteroatoms. The highest BCUT2D eigenvalue weighted by atomic mass is 16.4. The Hall–Kier alpha value is -1.12. The first kappa shape index (κ1) is 18.9. The van der Waals surface area contributed by atoms with E-state index in [1.165, 1.54) is 44.9 Å². The van der Waals surface area contributed by atoms with E-state index in [1.807, 2.05) is 12.3 Å². The molecule has 116 valence electrons. The van der Waals surface area contributed by atoms with E-state index in [-0.39, 0.29) is 0 Å². The predicted molar refractivity (Wildman–Crippen MR) is 86.6 cm³/mol. The molecule has 0 aromatic carbocycles. The Balaban J connectivity index is 0.000000493. The fraction of sp³-hybridized carbons (Fsp3) is 0.765. The number of carboxylic acids is 1. The maximum Gasteiger partial charge on any atom is 0.303 e. The summed E-state index contributed by atoms with van der Waals surface area (Å²) in [6.07, 6.45) is 18.5. The van der Waals surface area contributed by atoms with Gasteiger partial charge in [-0.3, -0.25) is 9.79 Å². The molecule has 0 atom stereocenters. The van der Waals surface area contributed by atoms with Crippen LogP contribution in [0, 0.1) is 0 Å². The number of rotatable bonds is 10. The monoisotopic (exact) mass is 281 g/mol. The van der Waals surface area contributed by atoms with Crippen LogP contribution in [0.25, 0.3) is 0 Å². The maximum atomic E-state index is 10.2. The third-order valence-corrected chi connectivity index (χ3v) is 3.25. The Morgan fingerprint density at radius 1 is 1.05 bits per heavy atom. The van der Waals surface area contributed by atoms with Crippen molar-refractivity contribution >= 4 is 12.2 Å². The summed E-state index contributed by atoms with van der Waals surface area (Å²) >= 11 is 0. The van der Waals surface area contributed by atoms with E-state index >= 15 is 0 Å². The van der Waals surface area contributed by atoms with Gasteiger partial charge in [0.05, 0.1) is 0 Å². The largest absolute Gasteiger partial charge is 0.481 e. The molecule has 0 amide bonds. The Kier molecular flexibility index (Phi) is 15.0. The molecule has 0 aromatic heterocycles. The van der Waals surface area contributed by atoms with Gasteiger partial charge in [-0.1, -0.05) is 64.4 Å². The molecule has 1 N–H and O–H groups in total. The minimum atomic E-state index is -0.659. The van der Waals surface area contributed by atoms with Gasteiger partial charge < -0.3 is 5.11 Å². The van der Waals surface area contributed by atoms with Crippen LogP contribution in [-0.4, -0.2) is 23.8 Å². The van der Waals surface area contributed by atoms with Gasteiger partial charge in [-0.15, -0.1) is 0 Å². The summed E-state index contributed by atoms with van der Waals surface area (Å²) in [7, 11) is 0. The van der Waals surface area contributed by atoms with E-state index < -0.39 is 5.97 Å². The maximum absolute atomic E-state index is 10.2. The second kappa shape index (κ2) is 15.9. The molecule has 0 aromatic rings. The van der Waals surface area contributed by atoms with Gasteiger partial charge >= 0.3 is 5.97 Å². The van der Waals surface area contributed by atoms with Crippen LogP contribution in [0.15, 0.2) is 17.1 Å². The van der Waals surface area contributed by atoms with Crippen LogP contribution in [-0.2, 0) is 4.79 Å². The molecule has 1 heterocycles. The van der Waals surface area contributed by atoms with Crippen LogP contribution < -0.4 is 0 Å². The molecule has 0 bridgehead atoms. The van der Waals surface area contributed by atoms with E-state index in [0.29, 0.717) is 6.42 Å². The molecule has 1 aliphatic rings. The molecule has 0 radical (unpaired) electrons. The van der Waals surface area contributed by atoms with Crippen LogP contribution in [0.5, 0.6) is 0 Å². The second-order valence-corrected chi connectivity index (χ2v) is 5.24. The van der Waals surface area contributed by atoms with E-state index in [1.54, 1.807) is 0 Å². The highest BCUT2D eigenvalue weighted by molar-refractivity contribution is 5.71. The van der Waals surface area contributed by atoms with E-state index in [9.17, 15) is 4.79 Å². The van der Waals surface area contributed by atoms with Crippen molar-refractivity contribution in [2.24, 2.45) is 4.99 Å². The van der Waals surface area contributed by atoms with E-state index in [0.717, 1.165) is 25.8 Å². The van der Waals surface area contributed by atoms with Gasteiger partial charge in [-0.25, -0.2) is 0 Å². The molecular formula is C17H31NO2. The molecule has 0 spiro atoms. The van der Waals surface area contributed by atoms with Crippen LogP contribution in [0.1, 0.15) is 77.6 Å². The summed E-state index contributed by atoms with van der Waals surface area (Å²) in [5.41, 5.74) is 0. The fourth-order valence-electron chi connectivity index (χ4n) is 2.03. The molecule has 0 saturated heterocycles. The number of nitrogens with zero attached hydrogens (tertiary/aromatic N) is 1. The molecule has 3 nitrogen and oxygen atoms in total. The summed E-state index contributed by atoms with van der Waals surface area (Å²) in [5.74, 6) is -0.659. The molecule has 0 saturated carbocycles.